The predicted molar refractivity (Wildman–Crippen MR) is 69.3 cm³/mol. The largest absolute Gasteiger partial charge is 0.466 e. The maximum absolute atomic E-state index is 11.7. The average molecular weight is 271 g/mol. The van der Waals surface area contributed by atoms with Crippen molar-refractivity contribution in [2.75, 3.05) is 26.3 Å². The molecule has 1 amide bonds. The average Bonchev–Trinajstić information content (AvgIpc) is 2.35. The molecule has 108 valence electrons. The molecule has 0 aliphatic heterocycles. The molecular weight excluding hydrogens is 250 g/mol. The Morgan fingerprint density at radius 1 is 1.05 bits per heavy atom. The summed E-state index contributed by atoms with van der Waals surface area (Å²) in [5, 5.41) is 0. The number of hydrogen-bond acceptors (Lipinski definition) is 5. The van der Waals surface area contributed by atoms with Gasteiger partial charge in [0.15, 0.2) is 0 Å². The number of nitrogens with zero attached hydrogens (tertiary/aromatic N) is 1. The van der Waals surface area contributed by atoms with Crippen LogP contribution in [0.3, 0.4) is 0 Å². The molecule has 19 heavy (non-hydrogen) atoms. The molecule has 0 unspecified atom stereocenters. The van der Waals surface area contributed by atoms with Crippen molar-refractivity contribution in [3.8, 4) is 0 Å². The van der Waals surface area contributed by atoms with Crippen LogP contribution in [0.4, 0.5) is 0 Å². The van der Waals surface area contributed by atoms with Crippen molar-refractivity contribution < 1.29 is 23.9 Å². The summed E-state index contributed by atoms with van der Waals surface area (Å²) in [6.07, 6.45) is 2.96. The summed E-state index contributed by atoms with van der Waals surface area (Å²) < 4.78 is 9.56. The Morgan fingerprint density at radius 2 is 1.63 bits per heavy atom. The van der Waals surface area contributed by atoms with Crippen LogP contribution in [0.1, 0.15) is 27.2 Å². The maximum atomic E-state index is 11.7. The van der Waals surface area contributed by atoms with Gasteiger partial charge in [-0.2, -0.15) is 0 Å². The molecule has 0 atom stereocenters. The molecule has 0 aliphatic carbocycles. The van der Waals surface area contributed by atoms with E-state index in [-0.39, 0.29) is 32.0 Å². The summed E-state index contributed by atoms with van der Waals surface area (Å²) in [6.45, 7) is 5.60. The lowest BCUT2D eigenvalue weighted by Crippen LogP contribution is -2.37. The van der Waals surface area contributed by atoms with Crippen LogP contribution in [0.25, 0.3) is 0 Å². The Kier molecular flexibility index (Phi) is 9.12. The van der Waals surface area contributed by atoms with Gasteiger partial charge in [0, 0.05) is 6.54 Å². The monoisotopic (exact) mass is 271 g/mol. The van der Waals surface area contributed by atoms with Gasteiger partial charge >= 0.3 is 11.9 Å². The number of hydrogen-bond donors (Lipinski definition) is 0. The first kappa shape index (κ1) is 17.2. The Labute approximate surface area is 113 Å². The smallest absolute Gasteiger partial charge is 0.325 e. The molecule has 0 bridgehead atoms. The molecule has 0 spiro atoms. The Hall–Kier alpha value is -1.85. The van der Waals surface area contributed by atoms with Crippen molar-refractivity contribution >= 4 is 17.8 Å². The van der Waals surface area contributed by atoms with Crippen molar-refractivity contribution in [2.45, 2.75) is 27.2 Å². The molecule has 6 nitrogen and oxygen atoms in total. The SMILES string of the molecule is CC=CC(=O)N(CCC(=O)OCC)CC(=O)OCC. The quantitative estimate of drug-likeness (QED) is 0.484. The number of allylic oxidation sites excluding steroid dienone is 1. The second-order valence-electron chi connectivity index (χ2n) is 3.62. The molecule has 0 heterocycles. The summed E-state index contributed by atoms with van der Waals surface area (Å²) >= 11 is 0. The molecule has 0 aliphatic rings. The van der Waals surface area contributed by atoms with Crippen LogP contribution in [0.15, 0.2) is 12.2 Å². The lowest BCUT2D eigenvalue weighted by molar-refractivity contribution is -0.149. The van der Waals surface area contributed by atoms with Gasteiger partial charge in [-0.1, -0.05) is 6.08 Å². The van der Waals surface area contributed by atoms with E-state index in [9.17, 15) is 14.4 Å². The second kappa shape index (κ2) is 10.1. The highest BCUT2D eigenvalue weighted by atomic mass is 16.5. The van der Waals surface area contributed by atoms with Crippen molar-refractivity contribution in [3.63, 3.8) is 0 Å². The topological polar surface area (TPSA) is 72.9 Å². The molecule has 6 heteroatoms. The van der Waals surface area contributed by atoms with Crippen LogP contribution in [-0.2, 0) is 23.9 Å². The highest BCUT2D eigenvalue weighted by Crippen LogP contribution is 1.98. The Balaban J connectivity index is 4.45. The molecule has 0 fully saturated rings. The van der Waals surface area contributed by atoms with Crippen molar-refractivity contribution in [1.82, 2.24) is 4.90 Å². The van der Waals surface area contributed by atoms with E-state index in [1.54, 1.807) is 26.8 Å². The van der Waals surface area contributed by atoms with E-state index >= 15 is 0 Å². The highest BCUT2D eigenvalue weighted by molar-refractivity contribution is 5.90. The molecule has 0 radical (unpaired) electrons. The molecular formula is C13H21NO5. The van der Waals surface area contributed by atoms with E-state index < -0.39 is 11.9 Å². The first-order chi connectivity index (χ1) is 9.04. The number of carbonyl (C=O) groups is 3. The second-order valence-corrected chi connectivity index (χ2v) is 3.62. The minimum absolute atomic E-state index is 0.0521. The van der Waals surface area contributed by atoms with Crippen molar-refractivity contribution in [1.29, 1.82) is 0 Å². The van der Waals surface area contributed by atoms with E-state index in [1.165, 1.54) is 11.0 Å². The third-order valence-electron chi connectivity index (χ3n) is 2.14. The molecule has 0 aromatic heterocycles. The van der Waals surface area contributed by atoms with E-state index in [0.29, 0.717) is 6.61 Å². The first-order valence-corrected chi connectivity index (χ1v) is 6.27. The van der Waals surface area contributed by atoms with Crippen LogP contribution >= 0.6 is 0 Å². The number of amides is 1. The highest BCUT2D eigenvalue weighted by Gasteiger charge is 2.17. The van der Waals surface area contributed by atoms with Gasteiger partial charge in [0.25, 0.3) is 0 Å². The summed E-state index contributed by atoms with van der Waals surface area (Å²) in [7, 11) is 0. The number of carbonyl (C=O) groups excluding carboxylic acids is 3. The summed E-state index contributed by atoms with van der Waals surface area (Å²) in [5.41, 5.74) is 0. The standard InChI is InChI=1S/C13H21NO5/c1-4-7-11(15)14(10-13(17)19-6-3)9-8-12(16)18-5-2/h4,7H,5-6,8-10H2,1-3H3. The number of ether oxygens (including phenoxy) is 2. The zero-order valence-electron chi connectivity index (χ0n) is 11.7. The summed E-state index contributed by atoms with van der Waals surface area (Å²) in [6, 6.07) is 0. The van der Waals surface area contributed by atoms with Crippen LogP contribution in [0.5, 0.6) is 0 Å². The van der Waals surface area contributed by atoms with Gasteiger partial charge in [-0.25, -0.2) is 0 Å². The number of esters is 2. The predicted octanol–water partition coefficient (Wildman–Crippen LogP) is 0.907. The lowest BCUT2D eigenvalue weighted by Gasteiger charge is -2.19. The molecule has 0 N–H and O–H groups in total. The normalized spacial score (nSPS) is 10.3. The first-order valence-electron chi connectivity index (χ1n) is 6.27. The third kappa shape index (κ3) is 7.96. The summed E-state index contributed by atoms with van der Waals surface area (Å²) in [4.78, 5) is 35.6. The van der Waals surface area contributed by atoms with Crippen molar-refractivity contribution in [3.05, 3.63) is 12.2 Å². The third-order valence-corrected chi connectivity index (χ3v) is 2.14. The zero-order valence-corrected chi connectivity index (χ0v) is 11.7. The fourth-order valence-electron chi connectivity index (χ4n) is 1.34. The number of rotatable bonds is 8. The minimum atomic E-state index is -0.496. The van der Waals surface area contributed by atoms with Crippen LogP contribution in [-0.4, -0.2) is 49.0 Å². The molecule has 0 aromatic rings. The van der Waals surface area contributed by atoms with Gasteiger partial charge in [-0.05, 0) is 26.8 Å². The molecule has 0 aromatic carbocycles. The van der Waals surface area contributed by atoms with Crippen molar-refractivity contribution in [2.24, 2.45) is 0 Å². The van der Waals surface area contributed by atoms with Gasteiger partial charge < -0.3 is 14.4 Å². The van der Waals surface area contributed by atoms with Gasteiger partial charge in [0.1, 0.15) is 6.54 Å². The van der Waals surface area contributed by atoms with Gasteiger partial charge in [-0.3, -0.25) is 14.4 Å². The van der Waals surface area contributed by atoms with E-state index in [1.807, 2.05) is 0 Å². The van der Waals surface area contributed by atoms with Gasteiger partial charge in [0.05, 0.1) is 19.6 Å². The van der Waals surface area contributed by atoms with E-state index in [4.69, 9.17) is 9.47 Å². The van der Waals surface area contributed by atoms with Gasteiger partial charge in [-0.15, -0.1) is 0 Å². The zero-order chi connectivity index (χ0) is 14.7. The van der Waals surface area contributed by atoms with Crippen LogP contribution < -0.4 is 0 Å². The Morgan fingerprint density at radius 3 is 2.16 bits per heavy atom. The molecule has 0 rings (SSSR count). The summed E-state index contributed by atoms with van der Waals surface area (Å²) in [5.74, 6) is -1.23. The van der Waals surface area contributed by atoms with E-state index in [0.717, 1.165) is 0 Å². The fraction of sp³-hybridized carbons (Fsp3) is 0.615. The molecule has 0 saturated carbocycles. The fourth-order valence-corrected chi connectivity index (χ4v) is 1.34. The van der Waals surface area contributed by atoms with Crippen LogP contribution in [0, 0.1) is 0 Å². The van der Waals surface area contributed by atoms with E-state index in [2.05, 4.69) is 0 Å². The molecule has 0 saturated heterocycles. The maximum Gasteiger partial charge on any atom is 0.325 e. The lowest BCUT2D eigenvalue weighted by atomic mass is 10.3. The Bertz CT molecular complexity index is 338. The van der Waals surface area contributed by atoms with Gasteiger partial charge in [0.2, 0.25) is 5.91 Å². The minimum Gasteiger partial charge on any atom is -0.466 e. The van der Waals surface area contributed by atoms with Crippen LogP contribution in [0.2, 0.25) is 0 Å².